The number of amides is 1. The van der Waals surface area contributed by atoms with Crippen LogP contribution < -0.4 is 5.32 Å². The van der Waals surface area contributed by atoms with Crippen molar-refractivity contribution in [1.29, 1.82) is 0 Å². The van der Waals surface area contributed by atoms with E-state index < -0.39 is 37.8 Å². The van der Waals surface area contributed by atoms with Crippen molar-refractivity contribution in [2.45, 2.75) is 71.1 Å². The molecule has 0 saturated carbocycles. The Morgan fingerprint density at radius 1 is 1.07 bits per heavy atom. The molecule has 0 fully saturated rings. The van der Waals surface area contributed by atoms with Crippen molar-refractivity contribution >= 4 is 31.1 Å². The zero-order chi connectivity index (χ0) is 30.4. The monoisotopic (exact) mass is 614 g/mol. The summed E-state index contributed by atoms with van der Waals surface area (Å²) < 4.78 is 30.8. The molecular formula is C29H41ClFN2O7P. The van der Waals surface area contributed by atoms with Crippen LogP contribution in [0.15, 0.2) is 42.5 Å². The van der Waals surface area contributed by atoms with E-state index in [0.29, 0.717) is 29.2 Å². The topological polar surface area (TPSA) is 136 Å². The molecule has 1 unspecified atom stereocenters. The number of nitrogens with zero attached hydrogens (tertiary/aromatic N) is 1. The fourth-order valence-electron chi connectivity index (χ4n) is 4.21. The average Bonchev–Trinajstić information content (AvgIpc) is 2.92. The van der Waals surface area contributed by atoms with Crippen LogP contribution in [0.25, 0.3) is 11.1 Å². The minimum atomic E-state index is -4.32. The number of esters is 1. The Kier molecular flexibility index (Phi) is 15.0. The number of aliphatic hydroxyl groups excluding tert-OH is 1. The summed E-state index contributed by atoms with van der Waals surface area (Å²) in [4.78, 5) is 45.4. The predicted molar refractivity (Wildman–Crippen MR) is 157 cm³/mol. The number of rotatable bonds is 18. The van der Waals surface area contributed by atoms with E-state index in [4.69, 9.17) is 26.1 Å². The normalized spacial score (nSPS) is 13.0. The Bertz CT molecular complexity index is 1150. The van der Waals surface area contributed by atoms with Gasteiger partial charge in [-0.3, -0.25) is 19.5 Å². The lowest BCUT2D eigenvalue weighted by Crippen LogP contribution is -2.42. The van der Waals surface area contributed by atoms with Crippen LogP contribution >= 0.6 is 19.2 Å². The summed E-state index contributed by atoms with van der Waals surface area (Å²) in [6.45, 7) is 4.87. The molecule has 41 heavy (non-hydrogen) atoms. The van der Waals surface area contributed by atoms with Gasteiger partial charge in [-0.15, -0.1) is 0 Å². The van der Waals surface area contributed by atoms with Gasteiger partial charge >= 0.3 is 13.6 Å². The molecule has 0 radical (unpaired) electrons. The van der Waals surface area contributed by atoms with Crippen molar-refractivity contribution in [3.8, 4) is 11.1 Å². The quantitative estimate of drug-likeness (QED) is 0.106. The molecule has 0 aromatic heterocycles. The van der Waals surface area contributed by atoms with E-state index >= 15 is 0 Å². The van der Waals surface area contributed by atoms with E-state index in [0.717, 1.165) is 31.2 Å². The minimum Gasteiger partial charge on any atom is -0.456 e. The predicted octanol–water partition coefficient (Wildman–Crippen LogP) is 4.90. The lowest BCUT2D eigenvalue weighted by atomic mass is 9.99. The maximum atomic E-state index is 14.3. The standard InChI is InChI=1S/C29H41ClFN2O7P/c1-3-5-14-33(15-6-4-2)28(35)20-40-29(36)19-24(32-27(34)13-16-41(37,38)39)17-21-7-9-22(10-8-21)25-18-23(30)11-12-26(25)31/h7-12,18,24,27,32,34H,3-6,13-17,19-20H2,1-2H3,(H2,37,38,39)/t24-,27?/m1/s1. The van der Waals surface area contributed by atoms with Gasteiger partial charge in [0.2, 0.25) is 0 Å². The third-order valence-corrected chi connectivity index (χ3v) is 7.56. The third-order valence-electron chi connectivity index (χ3n) is 6.48. The van der Waals surface area contributed by atoms with Gasteiger partial charge in [0.25, 0.3) is 5.91 Å². The van der Waals surface area contributed by atoms with Gasteiger partial charge in [-0.1, -0.05) is 62.6 Å². The van der Waals surface area contributed by atoms with Crippen LogP contribution in [0.1, 0.15) is 57.9 Å². The van der Waals surface area contributed by atoms with E-state index in [2.05, 4.69) is 5.32 Å². The molecule has 2 atom stereocenters. The van der Waals surface area contributed by atoms with Gasteiger partial charge in [0.15, 0.2) is 6.61 Å². The van der Waals surface area contributed by atoms with Crippen molar-refractivity contribution < 1.29 is 38.2 Å². The van der Waals surface area contributed by atoms with Gasteiger partial charge in [-0.2, -0.15) is 0 Å². The van der Waals surface area contributed by atoms with Crippen molar-refractivity contribution in [3.05, 3.63) is 58.9 Å². The van der Waals surface area contributed by atoms with Crippen LogP contribution in [-0.4, -0.2) is 69.8 Å². The SMILES string of the molecule is CCCCN(CCCC)C(=O)COC(=O)C[C@@H](Cc1ccc(-c2cc(Cl)ccc2F)cc1)NC(O)CCP(=O)(O)O. The summed E-state index contributed by atoms with van der Waals surface area (Å²) in [6.07, 6.45) is 1.56. The summed E-state index contributed by atoms with van der Waals surface area (Å²) in [5, 5.41) is 13.6. The number of unbranched alkanes of at least 4 members (excludes halogenated alkanes) is 2. The molecule has 1 amide bonds. The van der Waals surface area contributed by atoms with Crippen molar-refractivity contribution in [1.82, 2.24) is 10.2 Å². The summed E-state index contributed by atoms with van der Waals surface area (Å²) in [7, 11) is -4.32. The second-order valence-corrected chi connectivity index (χ2v) is 12.2. The number of carbonyl (C=O) groups excluding carboxylic acids is 2. The minimum absolute atomic E-state index is 0.200. The van der Waals surface area contributed by atoms with Gasteiger partial charge in [0.05, 0.1) is 12.6 Å². The molecule has 0 heterocycles. The van der Waals surface area contributed by atoms with Crippen LogP contribution in [-0.2, 0) is 25.3 Å². The molecule has 0 saturated heterocycles. The first-order valence-electron chi connectivity index (χ1n) is 13.9. The van der Waals surface area contributed by atoms with Crippen LogP contribution in [0, 0.1) is 5.82 Å². The molecule has 0 bridgehead atoms. The molecular weight excluding hydrogens is 574 g/mol. The molecule has 0 aliphatic heterocycles. The van der Waals surface area contributed by atoms with Gasteiger partial charge in [0, 0.05) is 29.7 Å². The van der Waals surface area contributed by atoms with Crippen LogP contribution in [0.3, 0.4) is 0 Å². The highest BCUT2D eigenvalue weighted by atomic mass is 35.5. The highest BCUT2D eigenvalue weighted by Gasteiger charge is 2.23. The molecule has 2 aromatic carbocycles. The molecule has 12 heteroatoms. The molecule has 0 spiro atoms. The van der Waals surface area contributed by atoms with Crippen LogP contribution in [0.5, 0.6) is 0 Å². The molecule has 2 aromatic rings. The fraction of sp³-hybridized carbons (Fsp3) is 0.517. The Labute approximate surface area is 246 Å². The zero-order valence-corrected chi connectivity index (χ0v) is 25.2. The summed E-state index contributed by atoms with van der Waals surface area (Å²) in [5.74, 6) is -1.34. The lowest BCUT2D eigenvalue weighted by Gasteiger charge is -2.24. The summed E-state index contributed by atoms with van der Waals surface area (Å²) >= 11 is 6.01. The Morgan fingerprint density at radius 2 is 1.71 bits per heavy atom. The maximum absolute atomic E-state index is 14.3. The number of aliphatic hydroxyl groups is 1. The number of nitrogens with one attached hydrogen (secondary N) is 1. The molecule has 4 N–H and O–H groups in total. The van der Waals surface area contributed by atoms with Crippen molar-refractivity contribution in [2.75, 3.05) is 25.9 Å². The van der Waals surface area contributed by atoms with Gasteiger partial charge in [-0.25, -0.2) is 4.39 Å². The summed E-state index contributed by atoms with van der Waals surface area (Å²) in [5.41, 5.74) is 1.70. The average molecular weight is 615 g/mol. The van der Waals surface area contributed by atoms with E-state index in [1.165, 1.54) is 18.2 Å². The van der Waals surface area contributed by atoms with Gasteiger partial charge in [0.1, 0.15) is 12.0 Å². The smallest absolute Gasteiger partial charge is 0.325 e. The number of hydrogen-bond donors (Lipinski definition) is 4. The molecule has 2 rings (SSSR count). The molecule has 0 aliphatic carbocycles. The largest absolute Gasteiger partial charge is 0.456 e. The number of carbonyl (C=O) groups is 2. The third kappa shape index (κ3) is 13.5. The highest BCUT2D eigenvalue weighted by molar-refractivity contribution is 7.51. The molecule has 0 aliphatic rings. The number of halogens is 2. The van der Waals surface area contributed by atoms with E-state index in [1.54, 1.807) is 29.2 Å². The van der Waals surface area contributed by atoms with E-state index in [-0.39, 0.29) is 31.8 Å². The highest BCUT2D eigenvalue weighted by Crippen LogP contribution is 2.35. The van der Waals surface area contributed by atoms with Crippen molar-refractivity contribution in [3.63, 3.8) is 0 Å². The Hall–Kier alpha value is -2.33. The van der Waals surface area contributed by atoms with Crippen molar-refractivity contribution in [2.24, 2.45) is 0 Å². The first-order valence-corrected chi connectivity index (χ1v) is 16.1. The Morgan fingerprint density at radius 3 is 2.29 bits per heavy atom. The van der Waals surface area contributed by atoms with Crippen LogP contribution in [0.2, 0.25) is 5.02 Å². The van der Waals surface area contributed by atoms with E-state index in [1.807, 2.05) is 13.8 Å². The zero-order valence-electron chi connectivity index (χ0n) is 23.6. The number of hydrogen-bond acceptors (Lipinski definition) is 6. The van der Waals surface area contributed by atoms with Crippen LogP contribution in [0.4, 0.5) is 4.39 Å². The lowest BCUT2D eigenvalue weighted by molar-refractivity contribution is -0.152. The first-order chi connectivity index (χ1) is 19.4. The number of benzene rings is 2. The van der Waals surface area contributed by atoms with Gasteiger partial charge in [-0.05, 0) is 55.0 Å². The Balaban J connectivity index is 2.08. The fourth-order valence-corrected chi connectivity index (χ4v) is 4.97. The summed E-state index contributed by atoms with van der Waals surface area (Å²) in [6, 6.07) is 10.5. The second kappa shape index (κ2) is 17.6. The maximum Gasteiger partial charge on any atom is 0.325 e. The molecule has 228 valence electrons. The number of ether oxygens (including phenoxy) is 1. The second-order valence-electron chi connectivity index (χ2n) is 10.0. The van der Waals surface area contributed by atoms with Gasteiger partial charge < -0.3 is 24.5 Å². The first kappa shape index (κ1) is 34.9. The van der Waals surface area contributed by atoms with E-state index in [9.17, 15) is 23.7 Å². The molecule has 9 nitrogen and oxygen atoms in total.